The molecule has 0 radical (unpaired) electrons. The second kappa shape index (κ2) is 6.44. The summed E-state index contributed by atoms with van der Waals surface area (Å²) in [7, 11) is 0. The second-order valence-corrected chi connectivity index (χ2v) is 5.54. The van der Waals surface area contributed by atoms with E-state index in [1.807, 2.05) is 12.1 Å². The van der Waals surface area contributed by atoms with E-state index in [1.54, 1.807) is 12.4 Å². The van der Waals surface area contributed by atoms with Crippen molar-refractivity contribution in [3.63, 3.8) is 0 Å². The van der Waals surface area contributed by atoms with E-state index in [1.165, 1.54) is 6.07 Å². The van der Waals surface area contributed by atoms with E-state index in [0.717, 1.165) is 16.9 Å². The van der Waals surface area contributed by atoms with Crippen LogP contribution in [0, 0.1) is 10.1 Å². The molecule has 1 N–H and O–H groups in total. The number of hydrogen-bond donors (Lipinski definition) is 1. The Balaban J connectivity index is 1.92. The number of nitrogens with one attached hydrogen (secondary N) is 1. The quantitative estimate of drug-likeness (QED) is 0.679. The molecule has 2 heterocycles. The molecule has 0 aliphatic rings. The summed E-state index contributed by atoms with van der Waals surface area (Å²) in [6.45, 7) is 0.437. The number of nitrogens with zero attached hydrogens (tertiary/aromatic N) is 2. The normalized spacial score (nSPS) is 10.2. The maximum absolute atomic E-state index is 11.8. The van der Waals surface area contributed by atoms with Gasteiger partial charge in [-0.1, -0.05) is 11.6 Å². The highest BCUT2D eigenvalue weighted by molar-refractivity contribution is 7.18. The highest BCUT2D eigenvalue weighted by atomic mass is 35.5. The van der Waals surface area contributed by atoms with Crippen molar-refractivity contribution in [3.05, 3.63) is 55.5 Å². The van der Waals surface area contributed by atoms with Crippen LogP contribution in [0.5, 0.6) is 0 Å². The average Bonchev–Trinajstić information content (AvgIpc) is 2.82. The van der Waals surface area contributed by atoms with Crippen LogP contribution >= 0.6 is 22.9 Å². The lowest BCUT2D eigenvalue weighted by Crippen LogP contribution is -2.24. The Hall–Kier alpha value is -1.99. The minimum Gasteiger partial charge on any atom is -0.351 e. The van der Waals surface area contributed by atoms with Crippen molar-refractivity contribution >= 4 is 34.5 Å². The molecule has 2 aromatic rings. The van der Waals surface area contributed by atoms with Gasteiger partial charge in [-0.05, 0) is 24.1 Å². The van der Waals surface area contributed by atoms with Gasteiger partial charge >= 0.3 is 0 Å². The molecule has 0 aliphatic heterocycles. The molecule has 20 heavy (non-hydrogen) atoms. The average molecular weight is 312 g/mol. The molecule has 1 amide bonds. The zero-order valence-corrected chi connectivity index (χ0v) is 11.8. The number of carbonyl (C=O) groups is 1. The number of thiophene rings is 1. The van der Waals surface area contributed by atoms with E-state index >= 15 is 0 Å². The molecular weight excluding hydrogens is 302 g/mol. The van der Waals surface area contributed by atoms with E-state index in [0.29, 0.717) is 13.0 Å². The van der Waals surface area contributed by atoms with Crippen molar-refractivity contribution in [2.24, 2.45) is 0 Å². The van der Waals surface area contributed by atoms with E-state index < -0.39 is 4.92 Å². The smallest absolute Gasteiger partial charge is 0.299 e. The molecular formula is C12H10ClN3O3S. The summed E-state index contributed by atoms with van der Waals surface area (Å²) in [6.07, 6.45) is 4.02. The third-order valence-electron chi connectivity index (χ3n) is 2.54. The Kier molecular flexibility index (Phi) is 4.65. The highest BCUT2D eigenvalue weighted by Crippen LogP contribution is 2.33. The van der Waals surface area contributed by atoms with Crippen LogP contribution in [0.25, 0.3) is 0 Å². The number of nitro groups is 1. The van der Waals surface area contributed by atoms with Crippen LogP contribution in [0.1, 0.15) is 15.2 Å². The summed E-state index contributed by atoms with van der Waals surface area (Å²) in [6, 6.07) is 4.91. The molecule has 8 heteroatoms. The van der Waals surface area contributed by atoms with Crippen LogP contribution < -0.4 is 5.32 Å². The minimum absolute atomic E-state index is 0.00860. The fourth-order valence-corrected chi connectivity index (χ4v) is 2.69. The van der Waals surface area contributed by atoms with Crippen molar-refractivity contribution in [3.8, 4) is 0 Å². The lowest BCUT2D eigenvalue weighted by molar-refractivity contribution is -0.384. The monoisotopic (exact) mass is 311 g/mol. The summed E-state index contributed by atoms with van der Waals surface area (Å²) in [4.78, 5) is 26.0. The molecule has 0 saturated carbocycles. The topological polar surface area (TPSA) is 85.1 Å². The SMILES string of the molecule is O=C(NCCc1ccncc1)c1cc([N+](=O)[O-])c(Cl)s1. The third kappa shape index (κ3) is 3.52. The Morgan fingerprint density at radius 2 is 2.15 bits per heavy atom. The molecule has 0 aliphatic carbocycles. The van der Waals surface area contributed by atoms with Crippen LogP contribution in [0.3, 0.4) is 0 Å². The van der Waals surface area contributed by atoms with Gasteiger partial charge in [0.05, 0.1) is 4.92 Å². The second-order valence-electron chi connectivity index (χ2n) is 3.89. The number of halogens is 1. The first kappa shape index (κ1) is 14.4. The molecule has 0 unspecified atom stereocenters. The first-order valence-corrected chi connectivity index (χ1v) is 6.88. The fourth-order valence-electron chi connectivity index (χ4n) is 1.55. The van der Waals surface area contributed by atoms with Crippen molar-refractivity contribution in [1.82, 2.24) is 10.3 Å². The van der Waals surface area contributed by atoms with E-state index in [4.69, 9.17) is 11.6 Å². The van der Waals surface area contributed by atoms with Gasteiger partial charge in [-0.2, -0.15) is 0 Å². The van der Waals surface area contributed by atoms with Crippen LogP contribution in [0.15, 0.2) is 30.6 Å². The third-order valence-corrected chi connectivity index (χ3v) is 3.87. The Morgan fingerprint density at radius 1 is 1.45 bits per heavy atom. The van der Waals surface area contributed by atoms with Gasteiger partial charge in [0.2, 0.25) is 0 Å². The predicted octanol–water partition coefficient (Wildman–Crippen LogP) is 2.68. The molecule has 0 fully saturated rings. The first-order valence-electron chi connectivity index (χ1n) is 5.68. The molecule has 6 nitrogen and oxygen atoms in total. The molecule has 0 aromatic carbocycles. The molecule has 0 bridgehead atoms. The first-order chi connectivity index (χ1) is 9.58. The largest absolute Gasteiger partial charge is 0.351 e. The van der Waals surface area contributed by atoms with Crippen LogP contribution in [-0.2, 0) is 6.42 Å². The molecule has 2 aromatic heterocycles. The van der Waals surface area contributed by atoms with E-state index in [2.05, 4.69) is 10.3 Å². The van der Waals surface area contributed by atoms with Crippen molar-refractivity contribution in [2.45, 2.75) is 6.42 Å². The zero-order chi connectivity index (χ0) is 14.5. The van der Waals surface area contributed by atoms with Gasteiger partial charge < -0.3 is 5.32 Å². The lowest BCUT2D eigenvalue weighted by Gasteiger charge is -2.03. The van der Waals surface area contributed by atoms with Gasteiger partial charge in [0.1, 0.15) is 4.88 Å². The summed E-state index contributed by atoms with van der Waals surface area (Å²) >= 11 is 6.60. The van der Waals surface area contributed by atoms with Crippen LogP contribution in [0.2, 0.25) is 4.34 Å². The molecule has 0 saturated heterocycles. The maximum Gasteiger partial charge on any atom is 0.299 e. The summed E-state index contributed by atoms with van der Waals surface area (Å²) in [5, 5.41) is 13.3. The zero-order valence-electron chi connectivity index (χ0n) is 10.2. The predicted molar refractivity (Wildman–Crippen MR) is 76.3 cm³/mol. The molecule has 0 spiro atoms. The number of pyridine rings is 1. The number of rotatable bonds is 5. The van der Waals surface area contributed by atoms with Gasteiger partial charge in [0.25, 0.3) is 11.6 Å². The van der Waals surface area contributed by atoms with E-state index in [-0.39, 0.29) is 20.8 Å². The van der Waals surface area contributed by atoms with Gasteiger partial charge in [-0.15, -0.1) is 11.3 Å². The highest BCUT2D eigenvalue weighted by Gasteiger charge is 2.20. The fraction of sp³-hybridized carbons (Fsp3) is 0.167. The summed E-state index contributed by atoms with van der Waals surface area (Å²) in [5.41, 5.74) is 0.812. The molecule has 0 atom stereocenters. The Labute approximate surface area is 123 Å². The van der Waals surface area contributed by atoms with Crippen LogP contribution in [0.4, 0.5) is 5.69 Å². The van der Waals surface area contributed by atoms with Crippen molar-refractivity contribution < 1.29 is 9.72 Å². The standard InChI is InChI=1S/C12H10ClN3O3S/c13-11-9(16(18)19)7-10(20-11)12(17)15-6-3-8-1-4-14-5-2-8/h1-2,4-5,7H,3,6H2,(H,15,17). The van der Waals surface area contributed by atoms with Gasteiger partial charge in [0, 0.05) is 25.0 Å². The van der Waals surface area contributed by atoms with Gasteiger partial charge in [-0.3, -0.25) is 19.9 Å². The number of carbonyl (C=O) groups excluding carboxylic acids is 1. The van der Waals surface area contributed by atoms with Crippen LogP contribution in [-0.4, -0.2) is 22.4 Å². The van der Waals surface area contributed by atoms with Gasteiger partial charge in [0.15, 0.2) is 4.34 Å². The molecule has 104 valence electrons. The van der Waals surface area contributed by atoms with Crippen molar-refractivity contribution in [2.75, 3.05) is 6.54 Å². The number of aromatic nitrogens is 1. The van der Waals surface area contributed by atoms with Crippen molar-refractivity contribution in [1.29, 1.82) is 0 Å². The minimum atomic E-state index is -0.605. The Bertz CT molecular complexity index is 630. The Morgan fingerprint density at radius 3 is 2.75 bits per heavy atom. The van der Waals surface area contributed by atoms with Gasteiger partial charge in [-0.25, -0.2) is 0 Å². The summed E-state index contributed by atoms with van der Waals surface area (Å²) < 4.78 is 0.00860. The number of amides is 1. The molecule has 2 rings (SSSR count). The number of hydrogen-bond acceptors (Lipinski definition) is 5. The lowest BCUT2D eigenvalue weighted by atomic mass is 10.2. The maximum atomic E-state index is 11.8. The summed E-state index contributed by atoms with van der Waals surface area (Å²) in [5.74, 6) is -0.362. The van der Waals surface area contributed by atoms with E-state index in [9.17, 15) is 14.9 Å².